The van der Waals surface area contributed by atoms with Gasteiger partial charge in [-0.25, -0.2) is 4.79 Å². The molecule has 4 rings (SSSR count). The molecule has 1 aliphatic rings. The number of anilines is 1. The summed E-state index contributed by atoms with van der Waals surface area (Å²) in [5.41, 5.74) is 5.96. The average molecular weight is 436 g/mol. The molecular weight excluding hydrogens is 410 g/mol. The van der Waals surface area contributed by atoms with Gasteiger partial charge in [0, 0.05) is 10.9 Å². The minimum absolute atomic E-state index is 0.143. The van der Waals surface area contributed by atoms with Crippen LogP contribution in [0.4, 0.5) is 5.00 Å². The summed E-state index contributed by atoms with van der Waals surface area (Å²) in [5.74, 6) is -0.178. The average Bonchev–Trinajstić information content (AvgIpc) is 3.21. The number of ether oxygens (including phenoxy) is 2. The van der Waals surface area contributed by atoms with E-state index in [1.165, 1.54) is 42.4 Å². The maximum absolute atomic E-state index is 12.6. The molecule has 1 aliphatic carbocycles. The van der Waals surface area contributed by atoms with E-state index in [0.717, 1.165) is 29.5 Å². The molecule has 0 spiro atoms. The van der Waals surface area contributed by atoms with Crippen molar-refractivity contribution in [3.8, 4) is 16.9 Å². The van der Waals surface area contributed by atoms with Crippen molar-refractivity contribution in [3.05, 3.63) is 70.1 Å². The molecule has 31 heavy (non-hydrogen) atoms. The molecule has 0 saturated carbocycles. The summed E-state index contributed by atoms with van der Waals surface area (Å²) >= 11 is 1.32. The van der Waals surface area contributed by atoms with Crippen LogP contribution >= 0.6 is 11.3 Å². The monoisotopic (exact) mass is 435 g/mol. The number of methoxy groups -OCH3 is 1. The van der Waals surface area contributed by atoms with Crippen molar-refractivity contribution in [1.82, 2.24) is 0 Å². The number of nitrogens with one attached hydrogen (secondary N) is 1. The molecule has 0 saturated heterocycles. The largest absolute Gasteiger partial charge is 0.484 e. The van der Waals surface area contributed by atoms with Crippen molar-refractivity contribution in [2.24, 2.45) is 0 Å². The molecule has 6 heteroatoms. The summed E-state index contributed by atoms with van der Waals surface area (Å²) in [5, 5.41) is 5.18. The van der Waals surface area contributed by atoms with Crippen LogP contribution in [-0.4, -0.2) is 25.6 Å². The zero-order valence-electron chi connectivity index (χ0n) is 17.7. The van der Waals surface area contributed by atoms with Crippen LogP contribution in [-0.2, 0) is 22.4 Å². The van der Waals surface area contributed by atoms with E-state index < -0.39 is 5.97 Å². The molecule has 1 heterocycles. The fourth-order valence-corrected chi connectivity index (χ4v) is 4.79. The zero-order chi connectivity index (χ0) is 21.8. The van der Waals surface area contributed by atoms with Gasteiger partial charge in [-0.2, -0.15) is 0 Å². The Bertz CT molecular complexity index is 1100. The first-order chi connectivity index (χ1) is 15.0. The summed E-state index contributed by atoms with van der Waals surface area (Å²) in [7, 11) is 1.35. The molecule has 0 bridgehead atoms. The lowest BCUT2D eigenvalue weighted by Crippen LogP contribution is -2.21. The van der Waals surface area contributed by atoms with Gasteiger partial charge in [0.1, 0.15) is 16.3 Å². The third kappa shape index (κ3) is 4.80. The predicted octanol–water partition coefficient (Wildman–Crippen LogP) is 5.41. The van der Waals surface area contributed by atoms with Gasteiger partial charge in [0.25, 0.3) is 5.91 Å². The maximum atomic E-state index is 12.6. The van der Waals surface area contributed by atoms with E-state index in [4.69, 9.17) is 9.47 Å². The van der Waals surface area contributed by atoms with E-state index in [1.807, 2.05) is 42.6 Å². The van der Waals surface area contributed by atoms with Crippen molar-refractivity contribution in [3.63, 3.8) is 0 Å². The Morgan fingerprint density at radius 3 is 2.52 bits per heavy atom. The maximum Gasteiger partial charge on any atom is 0.341 e. The Hall–Kier alpha value is -3.12. The Labute approximate surface area is 186 Å². The van der Waals surface area contributed by atoms with E-state index in [0.29, 0.717) is 16.3 Å². The zero-order valence-corrected chi connectivity index (χ0v) is 18.5. The summed E-state index contributed by atoms with van der Waals surface area (Å²) in [6.45, 7) is 1.84. The molecular formula is C25H25NO4S. The highest BCUT2D eigenvalue weighted by Crippen LogP contribution is 2.37. The van der Waals surface area contributed by atoms with Crippen LogP contribution in [0.15, 0.2) is 47.8 Å². The molecule has 0 radical (unpaired) electrons. The number of esters is 1. The first kappa shape index (κ1) is 21.1. The fraction of sp³-hybridized carbons (Fsp3) is 0.280. The summed E-state index contributed by atoms with van der Waals surface area (Å²) in [4.78, 5) is 25.0. The number of thiophene rings is 1. The van der Waals surface area contributed by atoms with Crippen LogP contribution in [0, 0.1) is 6.92 Å². The van der Waals surface area contributed by atoms with Crippen molar-refractivity contribution >= 4 is 28.2 Å². The molecule has 1 N–H and O–H groups in total. The topological polar surface area (TPSA) is 64.6 Å². The van der Waals surface area contributed by atoms with Gasteiger partial charge in [0.2, 0.25) is 0 Å². The molecule has 3 aromatic rings. The number of hydrogen-bond acceptors (Lipinski definition) is 5. The number of carbonyl (C=O) groups excluding carboxylic acids is 2. The summed E-state index contributed by atoms with van der Waals surface area (Å²) < 4.78 is 10.6. The smallest absolute Gasteiger partial charge is 0.341 e. The van der Waals surface area contributed by atoms with Crippen molar-refractivity contribution < 1.29 is 19.1 Å². The number of amides is 1. The summed E-state index contributed by atoms with van der Waals surface area (Å²) in [6.07, 6.45) is 4.57. The van der Waals surface area contributed by atoms with Gasteiger partial charge in [-0.15, -0.1) is 11.3 Å². The molecule has 0 aliphatic heterocycles. The van der Waals surface area contributed by atoms with Crippen LogP contribution < -0.4 is 10.1 Å². The highest BCUT2D eigenvalue weighted by Gasteiger charge is 2.23. The quantitative estimate of drug-likeness (QED) is 0.526. The van der Waals surface area contributed by atoms with E-state index in [1.54, 1.807) is 0 Å². The van der Waals surface area contributed by atoms with Gasteiger partial charge in [-0.3, -0.25) is 4.79 Å². The number of aryl methyl sites for hydroxylation is 3. The van der Waals surface area contributed by atoms with Crippen LogP contribution in [0.5, 0.6) is 5.75 Å². The van der Waals surface area contributed by atoms with Gasteiger partial charge in [0.05, 0.1) is 7.11 Å². The molecule has 160 valence electrons. The SMILES string of the molecule is COC(=O)c1c(-c2ccc3c(c2)CCCC3)csc1NC(=O)COc1ccc(C)cc1. The molecule has 0 unspecified atom stereocenters. The second-order valence-electron chi connectivity index (χ2n) is 7.69. The lowest BCUT2D eigenvalue weighted by atomic mass is 9.89. The number of benzene rings is 2. The van der Waals surface area contributed by atoms with E-state index >= 15 is 0 Å². The standard InChI is InChI=1S/C25H25NO4S/c1-16-7-11-20(12-8-16)30-14-22(27)26-24-23(25(28)29-2)21(15-31-24)19-10-9-17-5-3-4-6-18(17)13-19/h7-13,15H,3-6,14H2,1-2H3,(H,26,27). The van der Waals surface area contributed by atoms with Gasteiger partial charge in [-0.05, 0) is 61.4 Å². The molecule has 2 aromatic carbocycles. The molecule has 5 nitrogen and oxygen atoms in total. The normalized spacial score (nSPS) is 12.7. The second kappa shape index (κ2) is 9.35. The minimum Gasteiger partial charge on any atom is -0.484 e. The van der Waals surface area contributed by atoms with Gasteiger partial charge < -0.3 is 14.8 Å². The van der Waals surface area contributed by atoms with Gasteiger partial charge >= 0.3 is 5.97 Å². The first-order valence-corrected chi connectivity index (χ1v) is 11.2. The van der Waals surface area contributed by atoms with Crippen molar-refractivity contribution in [2.45, 2.75) is 32.6 Å². The van der Waals surface area contributed by atoms with Crippen LogP contribution in [0.1, 0.15) is 39.9 Å². The highest BCUT2D eigenvalue weighted by atomic mass is 32.1. The summed E-state index contributed by atoms with van der Waals surface area (Å²) in [6, 6.07) is 13.8. The number of hydrogen-bond donors (Lipinski definition) is 1. The molecule has 1 aromatic heterocycles. The lowest BCUT2D eigenvalue weighted by Gasteiger charge is -2.16. The Kier molecular flexibility index (Phi) is 6.37. The second-order valence-corrected chi connectivity index (χ2v) is 8.57. The highest BCUT2D eigenvalue weighted by molar-refractivity contribution is 7.15. The van der Waals surface area contributed by atoms with E-state index in [9.17, 15) is 9.59 Å². The molecule has 0 fully saturated rings. The lowest BCUT2D eigenvalue weighted by molar-refractivity contribution is -0.118. The fourth-order valence-electron chi connectivity index (χ4n) is 3.81. The molecule has 0 atom stereocenters. The van der Waals surface area contributed by atoms with Crippen LogP contribution in [0.3, 0.4) is 0 Å². The third-order valence-electron chi connectivity index (χ3n) is 5.48. The van der Waals surface area contributed by atoms with Gasteiger partial charge in [0.15, 0.2) is 6.61 Å². The number of carbonyl (C=O) groups is 2. The minimum atomic E-state index is -0.469. The van der Waals surface area contributed by atoms with Crippen LogP contribution in [0.2, 0.25) is 0 Å². The molecule has 1 amide bonds. The Balaban J connectivity index is 1.54. The third-order valence-corrected chi connectivity index (χ3v) is 6.38. The number of fused-ring (bicyclic) bond motifs is 1. The van der Waals surface area contributed by atoms with Crippen LogP contribution in [0.25, 0.3) is 11.1 Å². The van der Waals surface area contributed by atoms with E-state index in [-0.39, 0.29) is 12.5 Å². The van der Waals surface area contributed by atoms with E-state index in [2.05, 4.69) is 17.4 Å². The number of rotatable bonds is 6. The Morgan fingerprint density at radius 2 is 1.77 bits per heavy atom. The predicted molar refractivity (Wildman–Crippen MR) is 123 cm³/mol. The van der Waals surface area contributed by atoms with Gasteiger partial charge in [-0.1, -0.05) is 35.9 Å². The Morgan fingerprint density at radius 1 is 1.03 bits per heavy atom. The first-order valence-electron chi connectivity index (χ1n) is 10.4. The van der Waals surface area contributed by atoms with Crippen molar-refractivity contribution in [1.29, 1.82) is 0 Å². The van der Waals surface area contributed by atoms with Crippen molar-refractivity contribution in [2.75, 3.05) is 19.0 Å².